The molecule has 0 bridgehead atoms. The number of rotatable bonds is 0. The van der Waals surface area contributed by atoms with Crippen LogP contribution in [0, 0.1) is 0 Å². The number of carbonyl (C=O) groups is 1. The molecule has 0 amide bonds. The fourth-order valence-corrected chi connectivity index (χ4v) is 0. The summed E-state index contributed by atoms with van der Waals surface area (Å²) >= 11 is 0. The maximum Gasteiger partial charge on any atom is 0.290 e. The maximum absolute atomic E-state index is 8.36. The molecule has 0 aromatic carbocycles. The first-order valence-electron chi connectivity index (χ1n) is 1.49. The second-order valence-corrected chi connectivity index (χ2v) is 0.605. The van der Waals surface area contributed by atoms with Crippen LogP contribution in [0.5, 0.6) is 0 Å². The average molecular weight is 91.1 g/mol. The minimum atomic E-state index is -0.250. The zero-order valence-corrected chi connectivity index (χ0v) is 3.93. The van der Waals surface area contributed by atoms with Crippen molar-refractivity contribution in [1.29, 1.82) is 0 Å². The molecule has 3 nitrogen and oxygen atoms in total. The number of carboxylic acid groups (broad SMARTS) is 1. The van der Waals surface area contributed by atoms with Gasteiger partial charge in [0.25, 0.3) is 6.47 Å². The Morgan fingerprint density at radius 3 is 1.67 bits per heavy atom. The van der Waals surface area contributed by atoms with Crippen LogP contribution in [0.4, 0.5) is 0 Å². The molecule has 3 heteroatoms. The van der Waals surface area contributed by atoms with E-state index in [0.29, 0.717) is 0 Å². The van der Waals surface area contributed by atoms with E-state index in [1.165, 1.54) is 0 Å². The molecule has 0 aliphatic carbocycles. The van der Waals surface area contributed by atoms with Gasteiger partial charge < -0.3 is 10.4 Å². The van der Waals surface area contributed by atoms with Crippen molar-refractivity contribution < 1.29 is 9.90 Å². The van der Waals surface area contributed by atoms with Crippen molar-refractivity contribution in [1.82, 2.24) is 5.32 Å². The van der Waals surface area contributed by atoms with Crippen LogP contribution in [0.1, 0.15) is 0 Å². The standard InChI is InChI=1S/C2H7N.CH2O2/c1-3-2;2-1-3/h3H,1-2H3;1H,(H,2,3). The van der Waals surface area contributed by atoms with Crippen LogP contribution in [0.3, 0.4) is 0 Å². The summed E-state index contributed by atoms with van der Waals surface area (Å²) in [6.45, 7) is -0.250. The lowest BCUT2D eigenvalue weighted by atomic mass is 11.3. The van der Waals surface area contributed by atoms with E-state index in [9.17, 15) is 0 Å². The molecule has 6 heavy (non-hydrogen) atoms. The monoisotopic (exact) mass is 91.1 g/mol. The lowest BCUT2D eigenvalue weighted by molar-refractivity contribution is -0.122. The molecule has 0 aromatic rings. The second-order valence-electron chi connectivity index (χ2n) is 0.605. The van der Waals surface area contributed by atoms with Gasteiger partial charge in [-0.3, -0.25) is 4.79 Å². The van der Waals surface area contributed by atoms with Crippen molar-refractivity contribution in [3.63, 3.8) is 0 Å². The molecular weight excluding hydrogens is 82.0 g/mol. The molecule has 0 atom stereocenters. The largest absolute Gasteiger partial charge is 0.483 e. The van der Waals surface area contributed by atoms with E-state index in [1.54, 1.807) is 0 Å². The lowest BCUT2D eigenvalue weighted by Crippen LogP contribution is -1.89. The lowest BCUT2D eigenvalue weighted by Gasteiger charge is -1.59. The quantitative estimate of drug-likeness (QED) is 0.396. The Bertz CT molecular complexity index is 22.8. The van der Waals surface area contributed by atoms with E-state index < -0.39 is 0 Å². The molecule has 2 N–H and O–H groups in total. The molecule has 0 spiro atoms. The fraction of sp³-hybridized carbons (Fsp3) is 0.667. The van der Waals surface area contributed by atoms with Crippen LogP contribution >= 0.6 is 0 Å². The van der Waals surface area contributed by atoms with Gasteiger partial charge in [-0.05, 0) is 14.1 Å². The van der Waals surface area contributed by atoms with Gasteiger partial charge in [-0.15, -0.1) is 0 Å². The topological polar surface area (TPSA) is 49.3 Å². The van der Waals surface area contributed by atoms with Crippen LogP contribution in [0.2, 0.25) is 0 Å². The molecule has 0 saturated heterocycles. The number of hydrogen-bond donors (Lipinski definition) is 2. The van der Waals surface area contributed by atoms with Crippen molar-refractivity contribution in [2.45, 2.75) is 0 Å². The summed E-state index contributed by atoms with van der Waals surface area (Å²) in [6, 6.07) is 0. The smallest absolute Gasteiger partial charge is 0.290 e. The third-order valence-corrected chi connectivity index (χ3v) is 0. The van der Waals surface area contributed by atoms with Crippen molar-refractivity contribution in [2.24, 2.45) is 0 Å². The highest BCUT2D eigenvalue weighted by atomic mass is 16.3. The van der Waals surface area contributed by atoms with Crippen LogP contribution in [-0.2, 0) is 4.79 Å². The number of nitrogens with one attached hydrogen (secondary N) is 1. The Kier molecular flexibility index (Phi) is 38.5. The minimum absolute atomic E-state index is 0.250. The fourth-order valence-electron chi connectivity index (χ4n) is 0. The van der Waals surface area contributed by atoms with Gasteiger partial charge in [0, 0.05) is 0 Å². The van der Waals surface area contributed by atoms with Crippen molar-refractivity contribution >= 4 is 6.47 Å². The molecular formula is C3H9NO2. The Morgan fingerprint density at radius 1 is 1.67 bits per heavy atom. The van der Waals surface area contributed by atoms with Crippen molar-refractivity contribution in [3.05, 3.63) is 0 Å². The van der Waals surface area contributed by atoms with Crippen molar-refractivity contribution in [2.75, 3.05) is 14.1 Å². The molecule has 0 unspecified atom stereocenters. The third kappa shape index (κ3) is 62.3. The Hall–Kier alpha value is -0.570. The SMILES string of the molecule is CNC.O=CO. The summed E-state index contributed by atoms with van der Waals surface area (Å²) in [6.07, 6.45) is 0. The Balaban J connectivity index is 0. The summed E-state index contributed by atoms with van der Waals surface area (Å²) in [5.41, 5.74) is 0. The Labute approximate surface area is 37.0 Å². The van der Waals surface area contributed by atoms with E-state index in [0.717, 1.165) is 0 Å². The predicted octanol–water partition coefficient (Wildman–Crippen LogP) is -0.464. The van der Waals surface area contributed by atoms with E-state index in [4.69, 9.17) is 9.90 Å². The minimum Gasteiger partial charge on any atom is -0.483 e. The summed E-state index contributed by atoms with van der Waals surface area (Å²) in [7, 11) is 3.75. The van der Waals surface area contributed by atoms with Gasteiger partial charge in [-0.2, -0.15) is 0 Å². The molecule has 0 aromatic heterocycles. The highest BCUT2D eigenvalue weighted by Crippen LogP contribution is 0.981. The molecule has 0 radical (unpaired) electrons. The first-order valence-corrected chi connectivity index (χ1v) is 1.49. The first kappa shape index (κ1) is 9.06. The zero-order valence-electron chi connectivity index (χ0n) is 3.93. The maximum atomic E-state index is 8.36. The van der Waals surface area contributed by atoms with E-state index in [2.05, 4.69) is 5.32 Å². The molecule has 38 valence electrons. The van der Waals surface area contributed by atoms with Gasteiger partial charge in [0.1, 0.15) is 0 Å². The van der Waals surface area contributed by atoms with Crippen LogP contribution < -0.4 is 5.32 Å². The van der Waals surface area contributed by atoms with Crippen LogP contribution in [-0.4, -0.2) is 25.7 Å². The summed E-state index contributed by atoms with van der Waals surface area (Å²) in [4.78, 5) is 8.36. The number of hydrogen-bond acceptors (Lipinski definition) is 2. The van der Waals surface area contributed by atoms with Gasteiger partial charge >= 0.3 is 0 Å². The van der Waals surface area contributed by atoms with Gasteiger partial charge in [0.15, 0.2) is 0 Å². The second kappa shape index (κ2) is 25.5. The van der Waals surface area contributed by atoms with Crippen molar-refractivity contribution in [3.8, 4) is 0 Å². The molecule has 0 rings (SSSR count). The average Bonchev–Trinajstić information content (AvgIpc) is 1.39. The molecule has 0 fully saturated rings. The van der Waals surface area contributed by atoms with Gasteiger partial charge in [0.2, 0.25) is 0 Å². The normalized spacial score (nSPS) is 5.00. The summed E-state index contributed by atoms with van der Waals surface area (Å²) < 4.78 is 0. The Morgan fingerprint density at radius 2 is 1.67 bits per heavy atom. The summed E-state index contributed by atoms with van der Waals surface area (Å²) in [5, 5.41) is 9.64. The van der Waals surface area contributed by atoms with E-state index >= 15 is 0 Å². The van der Waals surface area contributed by atoms with Gasteiger partial charge in [0.05, 0.1) is 0 Å². The molecule has 0 heterocycles. The first-order chi connectivity index (χ1) is 2.83. The van der Waals surface area contributed by atoms with E-state index in [-0.39, 0.29) is 6.47 Å². The molecule has 0 aliphatic rings. The summed E-state index contributed by atoms with van der Waals surface area (Å²) in [5.74, 6) is 0. The highest BCUT2D eigenvalue weighted by Gasteiger charge is 1.25. The van der Waals surface area contributed by atoms with E-state index in [1.807, 2.05) is 14.1 Å². The van der Waals surface area contributed by atoms with Gasteiger partial charge in [-0.25, -0.2) is 0 Å². The van der Waals surface area contributed by atoms with Crippen LogP contribution in [0.15, 0.2) is 0 Å². The van der Waals surface area contributed by atoms with Gasteiger partial charge in [-0.1, -0.05) is 0 Å². The predicted molar refractivity (Wildman–Crippen MR) is 23.7 cm³/mol. The highest BCUT2D eigenvalue weighted by molar-refractivity contribution is 5.32. The van der Waals surface area contributed by atoms with Crippen LogP contribution in [0.25, 0.3) is 0 Å². The third-order valence-electron chi connectivity index (χ3n) is 0. The molecule has 0 aliphatic heterocycles. The zero-order chi connectivity index (χ0) is 5.41. The molecule has 0 saturated carbocycles.